The summed E-state index contributed by atoms with van der Waals surface area (Å²) in [6, 6.07) is 9.26. The van der Waals surface area contributed by atoms with E-state index in [9.17, 15) is 18.5 Å². The molecule has 13 heteroatoms. The van der Waals surface area contributed by atoms with Gasteiger partial charge in [-0.3, -0.25) is 14.6 Å². The first-order valence-corrected chi connectivity index (χ1v) is 16.9. The molecule has 42 heavy (non-hydrogen) atoms. The summed E-state index contributed by atoms with van der Waals surface area (Å²) in [5.41, 5.74) is 9.03. The van der Waals surface area contributed by atoms with Crippen molar-refractivity contribution in [2.45, 2.75) is 58.2 Å². The Labute approximate surface area is 254 Å². The molecule has 0 spiro atoms. The van der Waals surface area contributed by atoms with Gasteiger partial charge in [0, 0.05) is 51.1 Å². The Morgan fingerprint density at radius 3 is 2.62 bits per heavy atom. The molecule has 2 saturated heterocycles. The van der Waals surface area contributed by atoms with Gasteiger partial charge in [-0.05, 0) is 62.9 Å². The van der Waals surface area contributed by atoms with Crippen LogP contribution in [0.3, 0.4) is 0 Å². The number of piperazine rings is 1. The lowest BCUT2D eigenvalue weighted by molar-refractivity contribution is 0.0610. The van der Waals surface area contributed by atoms with Crippen LogP contribution in [0.2, 0.25) is 5.15 Å². The third kappa shape index (κ3) is 8.10. The predicted molar refractivity (Wildman–Crippen MR) is 165 cm³/mol. The highest BCUT2D eigenvalue weighted by molar-refractivity contribution is 7.90. The van der Waals surface area contributed by atoms with Crippen molar-refractivity contribution in [3.8, 4) is 6.07 Å². The molecule has 0 saturated carbocycles. The van der Waals surface area contributed by atoms with Crippen LogP contribution in [0.25, 0.3) is 0 Å². The van der Waals surface area contributed by atoms with Crippen LogP contribution in [-0.4, -0.2) is 97.5 Å². The van der Waals surface area contributed by atoms with Gasteiger partial charge in [0.25, 0.3) is 5.91 Å². The molecule has 11 nitrogen and oxygen atoms in total. The van der Waals surface area contributed by atoms with Gasteiger partial charge in [0.15, 0.2) is 22.5 Å². The zero-order chi connectivity index (χ0) is 30.4. The summed E-state index contributed by atoms with van der Waals surface area (Å²) in [6.45, 7) is 9.48. The second kappa shape index (κ2) is 14.0. The summed E-state index contributed by atoms with van der Waals surface area (Å²) in [4.78, 5) is 28.5. The van der Waals surface area contributed by atoms with Crippen LogP contribution in [0.5, 0.6) is 0 Å². The third-order valence-corrected chi connectivity index (χ3v) is 9.44. The van der Waals surface area contributed by atoms with Crippen molar-refractivity contribution in [2.75, 3.05) is 61.9 Å². The molecule has 2 aliphatic heterocycles. The van der Waals surface area contributed by atoms with Crippen LogP contribution in [0.4, 0.5) is 11.6 Å². The lowest BCUT2D eigenvalue weighted by atomic mass is 9.97. The monoisotopic (exact) mass is 616 g/mol. The van der Waals surface area contributed by atoms with E-state index >= 15 is 0 Å². The highest BCUT2D eigenvalue weighted by Crippen LogP contribution is 2.30. The first-order valence-electron chi connectivity index (χ1n) is 14.5. The fourth-order valence-electron chi connectivity index (χ4n) is 5.90. The molecule has 0 aliphatic carbocycles. The molecule has 228 valence electrons. The largest absolute Gasteiger partial charge is 0.382 e. The second-order valence-electron chi connectivity index (χ2n) is 11.3. The minimum absolute atomic E-state index is 0.00834. The van der Waals surface area contributed by atoms with Gasteiger partial charge in [-0.25, -0.2) is 18.4 Å². The number of rotatable bonds is 10. The number of aromatic nitrogens is 2. The molecule has 2 aromatic rings. The summed E-state index contributed by atoms with van der Waals surface area (Å²) in [5.74, 6) is -0.0853. The normalized spacial score (nSPS) is 19.0. The van der Waals surface area contributed by atoms with E-state index < -0.39 is 15.7 Å². The molecule has 3 heterocycles. The van der Waals surface area contributed by atoms with Gasteiger partial charge in [0.2, 0.25) is 0 Å². The molecular formula is C29H41ClN8O3S. The first-order chi connectivity index (χ1) is 20.0. The summed E-state index contributed by atoms with van der Waals surface area (Å²) < 4.78 is 22.6. The fourth-order valence-corrected chi connectivity index (χ4v) is 6.81. The molecule has 1 atom stereocenters. The number of nitrogen functional groups attached to an aromatic ring is 1. The number of hydrogen-bond donors (Lipinski definition) is 2. The SMILES string of the molecule is CC[C@H]1CN(c2nc(N)c(C(=O)NCCCS(C)(=O)=O)nc2Cl)CCN1C1CCN(Cc2ccc(C)cc2C#N)CC1. The minimum Gasteiger partial charge on any atom is -0.382 e. The van der Waals surface area contributed by atoms with Crippen LogP contribution >= 0.6 is 11.6 Å². The number of hydrogen-bond acceptors (Lipinski definition) is 10. The van der Waals surface area contributed by atoms with Gasteiger partial charge in [0.1, 0.15) is 9.84 Å². The Morgan fingerprint density at radius 1 is 1.21 bits per heavy atom. The molecule has 3 N–H and O–H groups in total. The van der Waals surface area contributed by atoms with E-state index in [1.165, 1.54) is 0 Å². The number of likely N-dealkylation sites (tertiary alicyclic amines) is 1. The van der Waals surface area contributed by atoms with Gasteiger partial charge < -0.3 is 16.0 Å². The maximum Gasteiger partial charge on any atom is 0.273 e. The zero-order valence-electron chi connectivity index (χ0n) is 24.6. The Kier molecular flexibility index (Phi) is 10.6. The van der Waals surface area contributed by atoms with E-state index in [2.05, 4.69) is 55.1 Å². The Morgan fingerprint density at radius 2 is 1.95 bits per heavy atom. The molecule has 1 aromatic carbocycles. The van der Waals surface area contributed by atoms with Crippen LogP contribution in [0.15, 0.2) is 18.2 Å². The molecule has 0 radical (unpaired) electrons. The first kappa shape index (κ1) is 31.9. The average molecular weight is 617 g/mol. The number of nitrogens with one attached hydrogen (secondary N) is 1. The molecule has 1 amide bonds. The van der Waals surface area contributed by atoms with E-state index in [-0.39, 0.29) is 29.0 Å². The van der Waals surface area contributed by atoms with Crippen molar-refractivity contribution in [3.63, 3.8) is 0 Å². The number of benzene rings is 1. The van der Waals surface area contributed by atoms with Crippen molar-refractivity contribution in [1.29, 1.82) is 5.26 Å². The molecular weight excluding hydrogens is 576 g/mol. The summed E-state index contributed by atoms with van der Waals surface area (Å²) in [7, 11) is -3.10. The van der Waals surface area contributed by atoms with Crippen LogP contribution in [-0.2, 0) is 16.4 Å². The Balaban J connectivity index is 1.33. The average Bonchev–Trinajstić information content (AvgIpc) is 2.96. The zero-order valence-corrected chi connectivity index (χ0v) is 26.2. The Bertz CT molecular complexity index is 1420. The van der Waals surface area contributed by atoms with Crippen molar-refractivity contribution in [3.05, 3.63) is 45.7 Å². The number of amides is 1. The molecule has 0 bridgehead atoms. The fraction of sp³-hybridized carbons (Fsp3) is 0.586. The number of nitriles is 1. The minimum atomic E-state index is -3.10. The van der Waals surface area contributed by atoms with Gasteiger partial charge in [-0.2, -0.15) is 5.26 Å². The number of aryl methyl sites for hydroxylation is 1. The second-order valence-corrected chi connectivity index (χ2v) is 14.0. The lowest BCUT2D eigenvalue weighted by Gasteiger charge is -2.47. The van der Waals surface area contributed by atoms with Crippen molar-refractivity contribution in [2.24, 2.45) is 0 Å². The topological polar surface area (TPSA) is 149 Å². The highest BCUT2D eigenvalue weighted by atomic mass is 35.5. The van der Waals surface area contributed by atoms with E-state index in [1.807, 2.05) is 13.0 Å². The van der Waals surface area contributed by atoms with Gasteiger partial charge in [0.05, 0.1) is 17.4 Å². The summed E-state index contributed by atoms with van der Waals surface area (Å²) >= 11 is 6.52. The maximum atomic E-state index is 12.6. The number of anilines is 2. The molecule has 2 fully saturated rings. The van der Waals surface area contributed by atoms with Crippen LogP contribution < -0.4 is 16.0 Å². The van der Waals surface area contributed by atoms with Crippen molar-refractivity contribution in [1.82, 2.24) is 25.1 Å². The predicted octanol–water partition coefficient (Wildman–Crippen LogP) is 2.62. The standard InChI is InChI=1S/C29H41ClN8O3S/c1-4-23-19-37(28-26(30)34-25(27(32)35-28)29(39)33-10-5-15-42(3,40)41)13-14-38(23)24-8-11-36(12-9-24)18-21-7-6-20(2)16-22(21)17-31/h6-7,16,23-24H,4-5,8-15,18-19H2,1-3H3,(H2,32,35)(H,33,39)/t23-/m0/s1. The van der Waals surface area contributed by atoms with E-state index in [0.29, 0.717) is 24.3 Å². The molecule has 1 aromatic heterocycles. The number of sulfone groups is 1. The molecule has 2 aliphatic rings. The number of carbonyl (C=O) groups excluding carboxylic acids is 1. The van der Waals surface area contributed by atoms with Gasteiger partial charge >= 0.3 is 0 Å². The van der Waals surface area contributed by atoms with Crippen LogP contribution in [0.1, 0.15) is 59.8 Å². The molecule has 0 unspecified atom stereocenters. The number of piperidine rings is 1. The summed E-state index contributed by atoms with van der Waals surface area (Å²) in [6.07, 6.45) is 4.57. The van der Waals surface area contributed by atoms with E-state index in [4.69, 9.17) is 17.3 Å². The number of nitrogens with two attached hydrogens (primary N) is 1. The highest BCUT2D eigenvalue weighted by Gasteiger charge is 2.34. The van der Waals surface area contributed by atoms with Crippen LogP contribution in [0, 0.1) is 18.3 Å². The number of carbonyl (C=O) groups is 1. The number of halogens is 1. The smallest absolute Gasteiger partial charge is 0.273 e. The van der Waals surface area contributed by atoms with E-state index in [0.717, 1.165) is 81.5 Å². The summed E-state index contributed by atoms with van der Waals surface area (Å²) in [5, 5.41) is 12.3. The maximum absolute atomic E-state index is 12.6. The Hall–Kier alpha value is -2.98. The third-order valence-electron chi connectivity index (χ3n) is 8.16. The molecule has 4 rings (SSSR count). The number of nitrogens with zero attached hydrogens (tertiary/aromatic N) is 6. The van der Waals surface area contributed by atoms with Gasteiger partial charge in [-0.1, -0.05) is 30.7 Å². The van der Waals surface area contributed by atoms with Gasteiger partial charge in [-0.15, -0.1) is 0 Å². The van der Waals surface area contributed by atoms with Crippen molar-refractivity contribution >= 4 is 39.0 Å². The quantitative estimate of drug-likeness (QED) is 0.382. The lowest BCUT2D eigenvalue weighted by Crippen LogP contribution is -2.58. The van der Waals surface area contributed by atoms with Crippen molar-refractivity contribution < 1.29 is 13.2 Å². The van der Waals surface area contributed by atoms with E-state index in [1.54, 1.807) is 0 Å².